The van der Waals surface area contributed by atoms with Crippen LogP contribution in [0.2, 0.25) is 0 Å². The van der Waals surface area contributed by atoms with E-state index in [2.05, 4.69) is 18.3 Å². The van der Waals surface area contributed by atoms with Crippen LogP contribution in [0.5, 0.6) is 0 Å². The molecule has 1 N–H and O–H groups in total. The maximum atomic E-state index is 12.4. The number of unbranched alkanes of at least 4 members (excludes halogenated alkanes) is 1. The van der Waals surface area contributed by atoms with Crippen molar-refractivity contribution in [1.29, 1.82) is 5.26 Å². The number of carbonyl (C=O) groups excluding carboxylic acids is 1. The van der Waals surface area contributed by atoms with Crippen LogP contribution in [0.4, 0.5) is 5.69 Å². The molecule has 0 atom stereocenters. The van der Waals surface area contributed by atoms with Gasteiger partial charge in [0.2, 0.25) is 5.91 Å². The lowest BCUT2D eigenvalue weighted by atomic mass is 9.81. The highest BCUT2D eigenvalue weighted by Gasteiger charge is 2.40. The van der Waals surface area contributed by atoms with Gasteiger partial charge in [0.05, 0.1) is 6.07 Å². The molecule has 2 rings (SSSR count). The van der Waals surface area contributed by atoms with Crippen LogP contribution in [0.15, 0.2) is 24.3 Å². The number of benzene rings is 1. The molecule has 0 bridgehead atoms. The number of hydrogen-bond acceptors (Lipinski definition) is 3. The van der Waals surface area contributed by atoms with E-state index in [1.807, 2.05) is 24.3 Å². The number of rotatable bonds is 5. The molecule has 1 fully saturated rings. The first kappa shape index (κ1) is 15.5. The van der Waals surface area contributed by atoms with Crippen LogP contribution in [0.25, 0.3) is 0 Å². The van der Waals surface area contributed by atoms with E-state index < -0.39 is 5.41 Å². The molecular formula is C17H22N2O2. The van der Waals surface area contributed by atoms with E-state index in [0.29, 0.717) is 26.1 Å². The fourth-order valence-corrected chi connectivity index (χ4v) is 2.50. The molecule has 1 aromatic rings. The predicted octanol–water partition coefficient (Wildman–Crippen LogP) is 3.29. The van der Waals surface area contributed by atoms with Gasteiger partial charge >= 0.3 is 0 Å². The summed E-state index contributed by atoms with van der Waals surface area (Å²) in [5.41, 5.74) is 1.08. The Morgan fingerprint density at radius 3 is 2.57 bits per heavy atom. The van der Waals surface area contributed by atoms with Gasteiger partial charge in [0.25, 0.3) is 0 Å². The SMILES string of the molecule is CCCCc1ccc(NC(=O)C2(C#N)CCOCC2)cc1. The van der Waals surface area contributed by atoms with E-state index in [4.69, 9.17) is 4.74 Å². The van der Waals surface area contributed by atoms with Crippen molar-refractivity contribution in [3.8, 4) is 6.07 Å². The summed E-state index contributed by atoms with van der Waals surface area (Å²) in [6.45, 7) is 3.11. The Kier molecular flexibility index (Phi) is 5.35. The van der Waals surface area contributed by atoms with Crippen molar-refractivity contribution in [2.75, 3.05) is 18.5 Å². The second-order valence-electron chi connectivity index (χ2n) is 5.56. The normalized spacial score (nSPS) is 17.0. The molecule has 112 valence electrons. The standard InChI is InChI=1S/C17H22N2O2/c1-2-3-4-14-5-7-15(8-6-14)19-16(20)17(13-18)9-11-21-12-10-17/h5-8H,2-4,9-12H2,1H3,(H,19,20). The van der Waals surface area contributed by atoms with E-state index >= 15 is 0 Å². The minimum Gasteiger partial charge on any atom is -0.381 e. The molecule has 0 radical (unpaired) electrons. The first-order valence-electron chi connectivity index (χ1n) is 7.59. The number of hydrogen-bond donors (Lipinski definition) is 1. The van der Waals surface area contributed by atoms with Crippen LogP contribution in [0.3, 0.4) is 0 Å². The van der Waals surface area contributed by atoms with Crippen LogP contribution < -0.4 is 5.32 Å². The van der Waals surface area contributed by atoms with E-state index in [1.54, 1.807) is 0 Å². The van der Waals surface area contributed by atoms with E-state index in [0.717, 1.165) is 12.1 Å². The maximum absolute atomic E-state index is 12.4. The number of aryl methyl sites for hydroxylation is 1. The lowest BCUT2D eigenvalue weighted by Gasteiger charge is -2.29. The fraction of sp³-hybridized carbons (Fsp3) is 0.529. The van der Waals surface area contributed by atoms with Crippen LogP contribution >= 0.6 is 0 Å². The highest BCUT2D eigenvalue weighted by atomic mass is 16.5. The third kappa shape index (κ3) is 3.83. The first-order chi connectivity index (χ1) is 10.2. The number of amides is 1. The lowest BCUT2D eigenvalue weighted by Crippen LogP contribution is -2.39. The summed E-state index contributed by atoms with van der Waals surface area (Å²) in [6, 6.07) is 10.1. The molecule has 0 saturated carbocycles. The van der Waals surface area contributed by atoms with Crippen molar-refractivity contribution >= 4 is 11.6 Å². The first-order valence-corrected chi connectivity index (χ1v) is 7.59. The minimum atomic E-state index is -0.945. The Morgan fingerprint density at radius 1 is 1.33 bits per heavy atom. The third-order valence-corrected chi connectivity index (χ3v) is 4.03. The van der Waals surface area contributed by atoms with Crippen LogP contribution in [-0.2, 0) is 16.0 Å². The van der Waals surface area contributed by atoms with Gasteiger partial charge in [-0.2, -0.15) is 5.26 Å². The molecule has 1 saturated heterocycles. The van der Waals surface area contributed by atoms with Crippen molar-refractivity contribution in [2.45, 2.75) is 39.0 Å². The van der Waals surface area contributed by atoms with Crippen LogP contribution in [0.1, 0.15) is 38.2 Å². The Bertz CT molecular complexity index is 511. The Morgan fingerprint density at radius 2 is 2.00 bits per heavy atom. The smallest absolute Gasteiger partial charge is 0.245 e. The highest BCUT2D eigenvalue weighted by Crippen LogP contribution is 2.31. The second-order valence-corrected chi connectivity index (χ2v) is 5.56. The van der Waals surface area contributed by atoms with Crippen molar-refractivity contribution in [1.82, 2.24) is 0 Å². The molecule has 1 amide bonds. The van der Waals surface area contributed by atoms with Crippen LogP contribution in [0, 0.1) is 16.7 Å². The summed E-state index contributed by atoms with van der Waals surface area (Å²) in [5, 5.41) is 12.2. The van der Waals surface area contributed by atoms with Gasteiger partial charge in [-0.15, -0.1) is 0 Å². The van der Waals surface area contributed by atoms with Gasteiger partial charge in [0.15, 0.2) is 0 Å². The highest BCUT2D eigenvalue weighted by molar-refractivity contribution is 5.97. The Balaban J connectivity index is 2.00. The fourth-order valence-electron chi connectivity index (χ4n) is 2.50. The number of carbonyl (C=O) groups is 1. The number of nitriles is 1. The zero-order valence-electron chi connectivity index (χ0n) is 12.5. The van der Waals surface area contributed by atoms with Crippen molar-refractivity contribution in [3.05, 3.63) is 29.8 Å². The molecule has 1 aromatic carbocycles. The zero-order chi connectivity index (χ0) is 15.1. The van der Waals surface area contributed by atoms with E-state index in [-0.39, 0.29) is 5.91 Å². The van der Waals surface area contributed by atoms with Crippen molar-refractivity contribution in [3.63, 3.8) is 0 Å². The van der Waals surface area contributed by atoms with Gasteiger partial charge in [0, 0.05) is 18.9 Å². The molecule has 0 spiro atoms. The molecule has 4 nitrogen and oxygen atoms in total. The molecule has 0 unspecified atom stereocenters. The lowest BCUT2D eigenvalue weighted by molar-refractivity contribution is -0.126. The van der Waals surface area contributed by atoms with Crippen molar-refractivity contribution in [2.24, 2.45) is 5.41 Å². The summed E-state index contributed by atoms with van der Waals surface area (Å²) >= 11 is 0. The summed E-state index contributed by atoms with van der Waals surface area (Å²) < 4.78 is 5.25. The van der Waals surface area contributed by atoms with Gasteiger partial charge in [0.1, 0.15) is 5.41 Å². The molecule has 21 heavy (non-hydrogen) atoms. The van der Waals surface area contributed by atoms with E-state index in [1.165, 1.54) is 18.4 Å². The third-order valence-electron chi connectivity index (χ3n) is 4.03. The van der Waals surface area contributed by atoms with Gasteiger partial charge in [-0.3, -0.25) is 4.79 Å². The van der Waals surface area contributed by atoms with Crippen LogP contribution in [-0.4, -0.2) is 19.1 Å². The molecule has 1 aliphatic heterocycles. The monoisotopic (exact) mass is 286 g/mol. The molecule has 1 heterocycles. The van der Waals surface area contributed by atoms with E-state index in [9.17, 15) is 10.1 Å². The molecule has 4 heteroatoms. The van der Waals surface area contributed by atoms with Gasteiger partial charge in [-0.25, -0.2) is 0 Å². The molecule has 0 aromatic heterocycles. The second kappa shape index (κ2) is 7.24. The largest absolute Gasteiger partial charge is 0.381 e. The number of ether oxygens (including phenoxy) is 1. The zero-order valence-corrected chi connectivity index (χ0v) is 12.5. The Labute approximate surface area is 126 Å². The number of nitrogens with one attached hydrogen (secondary N) is 1. The Hall–Kier alpha value is -1.86. The van der Waals surface area contributed by atoms with Gasteiger partial charge < -0.3 is 10.1 Å². The average Bonchev–Trinajstić information content (AvgIpc) is 2.54. The quantitative estimate of drug-likeness (QED) is 0.903. The topological polar surface area (TPSA) is 62.1 Å². The van der Waals surface area contributed by atoms with Gasteiger partial charge in [-0.05, 0) is 43.4 Å². The predicted molar refractivity (Wildman–Crippen MR) is 81.8 cm³/mol. The molecular weight excluding hydrogens is 264 g/mol. The number of nitrogens with zero attached hydrogens (tertiary/aromatic N) is 1. The number of anilines is 1. The maximum Gasteiger partial charge on any atom is 0.245 e. The summed E-state index contributed by atoms with van der Waals surface area (Å²) in [7, 11) is 0. The average molecular weight is 286 g/mol. The summed E-state index contributed by atoms with van der Waals surface area (Å²) in [5.74, 6) is -0.213. The molecule has 1 aliphatic rings. The van der Waals surface area contributed by atoms with Crippen molar-refractivity contribution < 1.29 is 9.53 Å². The summed E-state index contributed by atoms with van der Waals surface area (Å²) in [4.78, 5) is 12.4. The van der Waals surface area contributed by atoms with Gasteiger partial charge in [-0.1, -0.05) is 25.5 Å². The molecule has 0 aliphatic carbocycles. The summed E-state index contributed by atoms with van der Waals surface area (Å²) in [6.07, 6.45) is 4.33. The minimum absolute atomic E-state index is 0.213.